The monoisotopic (exact) mass is 430 g/mol. The fourth-order valence-electron chi connectivity index (χ4n) is 5.08. The minimum absolute atomic E-state index is 0.0402. The molecule has 6 nitrogen and oxygen atoms in total. The van der Waals surface area contributed by atoms with E-state index in [9.17, 15) is 13.2 Å². The molecule has 4 rings (SSSR count). The Labute approximate surface area is 179 Å². The molecule has 0 aliphatic carbocycles. The van der Waals surface area contributed by atoms with Gasteiger partial charge in [0, 0.05) is 28.7 Å². The molecule has 2 aromatic rings. The number of anilines is 1. The number of benzene rings is 1. The Hall–Kier alpha value is -2.12. The lowest BCUT2D eigenvalue weighted by atomic mass is 10.1. The summed E-state index contributed by atoms with van der Waals surface area (Å²) in [5.74, 6) is 0.589. The van der Waals surface area contributed by atoms with Gasteiger partial charge >= 0.3 is 0 Å². The van der Waals surface area contributed by atoms with Gasteiger partial charge in [0.15, 0.2) is 9.84 Å². The number of rotatable bonds is 5. The lowest BCUT2D eigenvalue weighted by Crippen LogP contribution is -3.15. The average Bonchev–Trinajstić information content (AvgIpc) is 3.20. The van der Waals surface area contributed by atoms with E-state index in [4.69, 9.17) is 0 Å². The number of sulfone groups is 1. The lowest BCUT2D eigenvalue weighted by Gasteiger charge is -2.34. The molecule has 1 aromatic heterocycles. The van der Waals surface area contributed by atoms with Crippen LogP contribution in [0.25, 0.3) is 0 Å². The number of aryl methyl sites for hydroxylation is 2. The predicted octanol–water partition coefficient (Wildman–Crippen LogP) is 1.36. The molecule has 2 aliphatic heterocycles. The molecule has 0 unspecified atom stereocenters. The molecular formula is C23H32N3O3S+. The van der Waals surface area contributed by atoms with Crippen LogP contribution < -0.4 is 9.80 Å². The van der Waals surface area contributed by atoms with Crippen molar-refractivity contribution in [3.63, 3.8) is 0 Å². The highest BCUT2D eigenvalue weighted by molar-refractivity contribution is 7.91. The summed E-state index contributed by atoms with van der Waals surface area (Å²) in [4.78, 5) is 16.8. The zero-order valence-corrected chi connectivity index (χ0v) is 19.0. The largest absolute Gasteiger partial charge is 0.360 e. The third-order valence-corrected chi connectivity index (χ3v) is 8.45. The van der Waals surface area contributed by atoms with Crippen LogP contribution >= 0.6 is 0 Å². The summed E-state index contributed by atoms with van der Waals surface area (Å²) in [6.45, 7) is 10.4. The first-order valence-corrected chi connectivity index (χ1v) is 12.6. The quantitative estimate of drug-likeness (QED) is 0.728. The van der Waals surface area contributed by atoms with Gasteiger partial charge in [-0.15, -0.1) is 0 Å². The molecule has 2 aliphatic rings. The van der Waals surface area contributed by atoms with Crippen LogP contribution in [0.5, 0.6) is 0 Å². The van der Waals surface area contributed by atoms with Crippen LogP contribution in [0.2, 0.25) is 0 Å². The van der Waals surface area contributed by atoms with E-state index in [1.165, 1.54) is 16.2 Å². The van der Waals surface area contributed by atoms with Crippen molar-refractivity contribution in [2.24, 2.45) is 0 Å². The highest BCUT2D eigenvalue weighted by Gasteiger charge is 2.32. The summed E-state index contributed by atoms with van der Waals surface area (Å²) < 4.78 is 25.9. The number of nitrogens with zero attached hydrogens (tertiary/aromatic N) is 2. The molecule has 1 aromatic carbocycles. The molecule has 0 spiro atoms. The number of ketones is 1. The SMILES string of the molecule is Cc1ccccc1N1CC[NH+](CC(=O)c2cc(C)n([C@H]3CCS(=O)(=O)C3)c2C)CC1. The van der Waals surface area contributed by atoms with Crippen molar-refractivity contribution < 1.29 is 18.1 Å². The summed E-state index contributed by atoms with van der Waals surface area (Å²) in [6, 6.07) is 10.4. The summed E-state index contributed by atoms with van der Waals surface area (Å²) in [5.41, 5.74) is 5.23. The topological polar surface area (TPSA) is 63.8 Å². The molecule has 1 N–H and O–H groups in total. The van der Waals surface area contributed by atoms with Gasteiger partial charge in [-0.25, -0.2) is 8.42 Å². The fourth-order valence-corrected chi connectivity index (χ4v) is 6.78. The number of carbonyl (C=O) groups excluding carboxylic acids is 1. The van der Waals surface area contributed by atoms with E-state index in [0.29, 0.717) is 13.0 Å². The van der Waals surface area contributed by atoms with Gasteiger partial charge in [0.2, 0.25) is 5.78 Å². The Morgan fingerprint density at radius 1 is 1.13 bits per heavy atom. The van der Waals surface area contributed by atoms with Crippen molar-refractivity contribution in [2.45, 2.75) is 33.2 Å². The van der Waals surface area contributed by atoms with Crippen LogP contribution in [0.4, 0.5) is 5.69 Å². The number of carbonyl (C=O) groups is 1. The maximum absolute atomic E-state index is 13.1. The maximum Gasteiger partial charge on any atom is 0.218 e. The average molecular weight is 431 g/mol. The van der Waals surface area contributed by atoms with E-state index >= 15 is 0 Å². The van der Waals surface area contributed by atoms with Crippen molar-refractivity contribution in [1.29, 1.82) is 0 Å². The van der Waals surface area contributed by atoms with Gasteiger partial charge in [-0.3, -0.25) is 4.79 Å². The molecule has 2 saturated heterocycles. The van der Waals surface area contributed by atoms with Gasteiger partial charge in [0.05, 0.1) is 37.7 Å². The maximum atomic E-state index is 13.1. The molecule has 0 saturated carbocycles. The van der Waals surface area contributed by atoms with Crippen LogP contribution in [0.1, 0.15) is 39.8 Å². The van der Waals surface area contributed by atoms with Crippen LogP contribution in [-0.4, -0.2) is 63.0 Å². The highest BCUT2D eigenvalue weighted by atomic mass is 32.2. The van der Waals surface area contributed by atoms with E-state index < -0.39 is 9.84 Å². The number of quaternary nitrogens is 1. The van der Waals surface area contributed by atoms with E-state index in [0.717, 1.165) is 43.1 Å². The fraction of sp³-hybridized carbons (Fsp3) is 0.522. The normalized spacial score (nSPS) is 21.8. The summed E-state index contributed by atoms with van der Waals surface area (Å²) in [5, 5.41) is 0. The van der Waals surface area contributed by atoms with E-state index in [1.54, 1.807) is 0 Å². The van der Waals surface area contributed by atoms with Gasteiger partial charge in [0.1, 0.15) is 6.54 Å². The third-order valence-electron chi connectivity index (χ3n) is 6.70. The van der Waals surface area contributed by atoms with Gasteiger partial charge in [-0.05, 0) is 44.9 Å². The van der Waals surface area contributed by atoms with Gasteiger partial charge < -0.3 is 14.4 Å². The number of Topliss-reactive ketones (excluding diaryl/α,β-unsaturated/α-hetero) is 1. The summed E-state index contributed by atoms with van der Waals surface area (Å²) >= 11 is 0. The zero-order valence-electron chi connectivity index (χ0n) is 18.1. The standard InChI is InChI=1S/C23H31N3O3S/c1-17-6-4-5-7-22(17)25-11-9-24(10-12-25)15-23(27)21-14-18(2)26(19(21)3)20-8-13-30(28,29)16-20/h4-7,14,20H,8-13,15-16H2,1-3H3/p+1/t20-/m0/s1. The van der Waals surface area contributed by atoms with Crippen molar-refractivity contribution in [3.05, 3.63) is 52.8 Å². The molecule has 0 radical (unpaired) electrons. The van der Waals surface area contributed by atoms with Gasteiger partial charge in [0.25, 0.3) is 0 Å². The number of piperazine rings is 1. The van der Waals surface area contributed by atoms with Crippen molar-refractivity contribution in [2.75, 3.05) is 49.1 Å². The van der Waals surface area contributed by atoms with Crippen molar-refractivity contribution >= 4 is 21.3 Å². The second kappa shape index (κ2) is 8.19. The first kappa shape index (κ1) is 21.1. The Kier molecular flexibility index (Phi) is 5.77. The van der Waals surface area contributed by atoms with Gasteiger partial charge in [-0.1, -0.05) is 18.2 Å². The smallest absolute Gasteiger partial charge is 0.218 e. The van der Waals surface area contributed by atoms with E-state index in [2.05, 4.69) is 40.7 Å². The van der Waals surface area contributed by atoms with E-state index in [-0.39, 0.29) is 23.3 Å². The number of hydrogen-bond donors (Lipinski definition) is 1. The second-order valence-corrected chi connectivity index (χ2v) is 11.1. The third kappa shape index (κ3) is 4.18. The number of aromatic nitrogens is 1. The lowest BCUT2D eigenvalue weighted by molar-refractivity contribution is -0.892. The summed E-state index contributed by atoms with van der Waals surface area (Å²) in [7, 11) is -2.96. The second-order valence-electron chi connectivity index (χ2n) is 8.84. The van der Waals surface area contributed by atoms with Crippen LogP contribution in [0.15, 0.2) is 30.3 Å². The Morgan fingerprint density at radius 3 is 2.47 bits per heavy atom. The molecule has 162 valence electrons. The van der Waals surface area contributed by atoms with Crippen molar-refractivity contribution in [1.82, 2.24) is 4.57 Å². The number of para-hydroxylation sites is 1. The van der Waals surface area contributed by atoms with Crippen LogP contribution in [0.3, 0.4) is 0 Å². The minimum Gasteiger partial charge on any atom is -0.360 e. The molecule has 7 heteroatoms. The van der Waals surface area contributed by atoms with Crippen LogP contribution in [-0.2, 0) is 9.84 Å². The molecule has 0 bridgehead atoms. The Balaban J connectivity index is 1.41. The Morgan fingerprint density at radius 2 is 1.83 bits per heavy atom. The first-order valence-electron chi connectivity index (χ1n) is 10.8. The first-order chi connectivity index (χ1) is 14.2. The molecule has 2 fully saturated rings. The molecule has 0 amide bonds. The minimum atomic E-state index is -2.96. The van der Waals surface area contributed by atoms with Crippen molar-refractivity contribution in [3.8, 4) is 0 Å². The van der Waals surface area contributed by atoms with Crippen LogP contribution in [0, 0.1) is 20.8 Å². The Bertz CT molecular complexity index is 1050. The molecule has 3 heterocycles. The van der Waals surface area contributed by atoms with Gasteiger partial charge in [-0.2, -0.15) is 0 Å². The summed E-state index contributed by atoms with van der Waals surface area (Å²) in [6.07, 6.45) is 0.637. The zero-order chi connectivity index (χ0) is 21.5. The number of nitrogens with one attached hydrogen (secondary N) is 1. The molecular weight excluding hydrogens is 398 g/mol. The molecule has 30 heavy (non-hydrogen) atoms. The number of hydrogen-bond acceptors (Lipinski definition) is 4. The highest BCUT2D eigenvalue weighted by Crippen LogP contribution is 2.29. The molecule has 1 atom stereocenters. The van der Waals surface area contributed by atoms with E-state index in [1.807, 2.05) is 19.9 Å². The predicted molar refractivity (Wildman–Crippen MR) is 120 cm³/mol.